The summed E-state index contributed by atoms with van der Waals surface area (Å²) in [5.74, 6) is 0. The quantitative estimate of drug-likeness (QED) is 0.842. The zero-order chi connectivity index (χ0) is 16.7. The standard InChI is InChI=1S/C18H28BNO3/c1-17(2)18(3,4)23-19(22-17)13-6-5-7-15(12-13)20-14-8-10-16(21)11-9-14/h5-7,12,14,16,20-21H,8-11H2,1-4H3. The van der Waals surface area contributed by atoms with Gasteiger partial charge in [-0.3, -0.25) is 0 Å². The molecule has 2 aliphatic rings. The summed E-state index contributed by atoms with van der Waals surface area (Å²) in [5.41, 5.74) is 1.50. The molecule has 0 amide bonds. The third-order valence-corrected chi connectivity index (χ3v) is 5.48. The van der Waals surface area contributed by atoms with Crippen LogP contribution in [0.5, 0.6) is 0 Å². The lowest BCUT2D eigenvalue weighted by atomic mass is 9.79. The number of aliphatic hydroxyl groups is 1. The topological polar surface area (TPSA) is 50.7 Å². The predicted molar refractivity (Wildman–Crippen MR) is 94.0 cm³/mol. The Morgan fingerprint density at radius 1 is 1.04 bits per heavy atom. The largest absolute Gasteiger partial charge is 0.494 e. The molecule has 4 nitrogen and oxygen atoms in total. The van der Waals surface area contributed by atoms with Crippen molar-refractivity contribution in [2.45, 2.75) is 76.7 Å². The van der Waals surface area contributed by atoms with Gasteiger partial charge in [-0.25, -0.2) is 0 Å². The van der Waals surface area contributed by atoms with Crippen LogP contribution in [0.1, 0.15) is 53.4 Å². The fourth-order valence-electron chi connectivity index (χ4n) is 3.21. The molecule has 3 rings (SSSR count). The van der Waals surface area contributed by atoms with Crippen molar-refractivity contribution in [1.82, 2.24) is 0 Å². The van der Waals surface area contributed by atoms with Crippen molar-refractivity contribution in [2.75, 3.05) is 5.32 Å². The van der Waals surface area contributed by atoms with Gasteiger partial charge in [0.15, 0.2) is 0 Å². The van der Waals surface area contributed by atoms with Gasteiger partial charge in [0.05, 0.1) is 17.3 Å². The van der Waals surface area contributed by atoms with Crippen LogP contribution in [0, 0.1) is 0 Å². The van der Waals surface area contributed by atoms with Crippen molar-refractivity contribution >= 4 is 18.3 Å². The molecular formula is C18H28BNO3. The molecule has 1 heterocycles. The minimum Gasteiger partial charge on any atom is -0.399 e. The second-order valence-corrected chi connectivity index (χ2v) is 7.86. The Hall–Kier alpha value is -1.04. The fraction of sp³-hybridized carbons (Fsp3) is 0.667. The Bertz CT molecular complexity index is 537. The Labute approximate surface area is 139 Å². The van der Waals surface area contributed by atoms with Crippen LogP contribution in [0.4, 0.5) is 5.69 Å². The van der Waals surface area contributed by atoms with E-state index in [1.165, 1.54) is 0 Å². The highest BCUT2D eigenvalue weighted by Crippen LogP contribution is 2.36. The van der Waals surface area contributed by atoms with Crippen LogP contribution < -0.4 is 10.8 Å². The van der Waals surface area contributed by atoms with Gasteiger partial charge in [-0.1, -0.05) is 12.1 Å². The van der Waals surface area contributed by atoms with Crippen LogP contribution in [-0.2, 0) is 9.31 Å². The molecule has 1 aromatic carbocycles. The van der Waals surface area contributed by atoms with Crippen molar-refractivity contribution in [3.05, 3.63) is 24.3 Å². The molecule has 0 spiro atoms. The number of hydrogen-bond acceptors (Lipinski definition) is 4. The van der Waals surface area contributed by atoms with Crippen LogP contribution in [0.25, 0.3) is 0 Å². The van der Waals surface area contributed by atoms with Crippen LogP contribution >= 0.6 is 0 Å². The average molecular weight is 317 g/mol. The fourth-order valence-corrected chi connectivity index (χ4v) is 3.21. The molecule has 1 saturated carbocycles. The lowest BCUT2D eigenvalue weighted by Gasteiger charge is -2.32. The number of hydrogen-bond donors (Lipinski definition) is 2. The van der Waals surface area contributed by atoms with Gasteiger partial charge in [-0.15, -0.1) is 0 Å². The highest BCUT2D eigenvalue weighted by Gasteiger charge is 2.51. The Morgan fingerprint density at radius 2 is 1.65 bits per heavy atom. The van der Waals surface area contributed by atoms with Crippen LogP contribution in [0.2, 0.25) is 0 Å². The van der Waals surface area contributed by atoms with Crippen LogP contribution in [0.3, 0.4) is 0 Å². The normalized spacial score (nSPS) is 29.5. The van der Waals surface area contributed by atoms with E-state index in [0.29, 0.717) is 6.04 Å². The number of anilines is 1. The summed E-state index contributed by atoms with van der Waals surface area (Å²) in [4.78, 5) is 0. The smallest absolute Gasteiger partial charge is 0.399 e. The molecule has 2 fully saturated rings. The molecule has 1 aromatic rings. The van der Waals surface area contributed by atoms with Crippen molar-refractivity contribution in [2.24, 2.45) is 0 Å². The summed E-state index contributed by atoms with van der Waals surface area (Å²) in [6, 6.07) is 8.73. The lowest BCUT2D eigenvalue weighted by Crippen LogP contribution is -2.41. The molecule has 23 heavy (non-hydrogen) atoms. The Balaban J connectivity index is 1.69. The first-order valence-corrected chi connectivity index (χ1v) is 8.67. The number of nitrogens with one attached hydrogen (secondary N) is 1. The molecule has 1 saturated heterocycles. The van der Waals surface area contributed by atoms with E-state index in [2.05, 4.69) is 51.2 Å². The van der Waals surface area contributed by atoms with E-state index in [9.17, 15) is 5.11 Å². The first-order chi connectivity index (χ1) is 10.8. The van der Waals surface area contributed by atoms with Gasteiger partial charge in [0, 0.05) is 11.7 Å². The van der Waals surface area contributed by atoms with E-state index in [1.807, 2.05) is 6.07 Å². The van der Waals surface area contributed by atoms with Gasteiger partial charge in [-0.05, 0) is 71.0 Å². The third kappa shape index (κ3) is 3.57. The van der Waals surface area contributed by atoms with Crippen molar-refractivity contribution in [1.29, 1.82) is 0 Å². The highest BCUT2D eigenvalue weighted by molar-refractivity contribution is 6.62. The molecule has 0 unspecified atom stereocenters. The minimum atomic E-state index is -0.324. The average Bonchev–Trinajstić information content (AvgIpc) is 2.70. The monoisotopic (exact) mass is 317 g/mol. The Morgan fingerprint density at radius 3 is 2.26 bits per heavy atom. The van der Waals surface area contributed by atoms with E-state index in [0.717, 1.165) is 36.8 Å². The molecule has 2 N–H and O–H groups in total. The molecule has 1 aliphatic heterocycles. The molecule has 0 radical (unpaired) electrons. The van der Waals surface area contributed by atoms with E-state index >= 15 is 0 Å². The SMILES string of the molecule is CC1(C)OB(c2cccc(NC3CCC(O)CC3)c2)OC1(C)C. The minimum absolute atomic E-state index is 0.121. The molecule has 5 heteroatoms. The molecule has 1 aliphatic carbocycles. The predicted octanol–water partition coefficient (Wildman–Crippen LogP) is 2.70. The first kappa shape index (κ1) is 16.8. The maximum absolute atomic E-state index is 9.62. The molecular weight excluding hydrogens is 289 g/mol. The number of aliphatic hydroxyl groups excluding tert-OH is 1. The van der Waals surface area contributed by atoms with E-state index in [-0.39, 0.29) is 24.4 Å². The maximum atomic E-state index is 9.62. The second kappa shape index (κ2) is 6.12. The van der Waals surface area contributed by atoms with Gasteiger partial charge < -0.3 is 19.7 Å². The van der Waals surface area contributed by atoms with Crippen molar-refractivity contribution < 1.29 is 14.4 Å². The lowest BCUT2D eigenvalue weighted by molar-refractivity contribution is 0.00578. The summed E-state index contributed by atoms with van der Waals surface area (Å²) >= 11 is 0. The van der Waals surface area contributed by atoms with E-state index < -0.39 is 0 Å². The molecule has 0 atom stereocenters. The van der Waals surface area contributed by atoms with E-state index in [1.54, 1.807) is 0 Å². The number of rotatable bonds is 3. The van der Waals surface area contributed by atoms with Gasteiger partial charge in [0.2, 0.25) is 0 Å². The molecule has 0 bridgehead atoms. The van der Waals surface area contributed by atoms with Gasteiger partial charge in [-0.2, -0.15) is 0 Å². The van der Waals surface area contributed by atoms with Gasteiger partial charge >= 0.3 is 7.12 Å². The van der Waals surface area contributed by atoms with Gasteiger partial charge in [0.1, 0.15) is 0 Å². The van der Waals surface area contributed by atoms with Gasteiger partial charge in [0.25, 0.3) is 0 Å². The third-order valence-electron chi connectivity index (χ3n) is 5.48. The summed E-state index contributed by atoms with van der Waals surface area (Å²) in [6.45, 7) is 8.29. The van der Waals surface area contributed by atoms with Crippen molar-refractivity contribution in [3.63, 3.8) is 0 Å². The highest BCUT2D eigenvalue weighted by atomic mass is 16.7. The summed E-state index contributed by atoms with van der Waals surface area (Å²) in [5, 5.41) is 13.2. The second-order valence-electron chi connectivity index (χ2n) is 7.86. The summed E-state index contributed by atoms with van der Waals surface area (Å²) < 4.78 is 12.3. The van der Waals surface area contributed by atoms with Crippen molar-refractivity contribution in [3.8, 4) is 0 Å². The maximum Gasteiger partial charge on any atom is 0.494 e. The van der Waals surface area contributed by atoms with E-state index in [4.69, 9.17) is 9.31 Å². The molecule has 126 valence electrons. The zero-order valence-electron chi connectivity index (χ0n) is 14.6. The zero-order valence-corrected chi connectivity index (χ0v) is 14.6. The molecule has 0 aromatic heterocycles. The van der Waals surface area contributed by atoms with Crippen LogP contribution in [0.15, 0.2) is 24.3 Å². The Kier molecular flexibility index (Phi) is 4.47. The summed E-state index contributed by atoms with van der Waals surface area (Å²) in [6.07, 6.45) is 3.68. The summed E-state index contributed by atoms with van der Waals surface area (Å²) in [7, 11) is -0.324. The van der Waals surface area contributed by atoms with Crippen LogP contribution in [-0.4, -0.2) is 35.6 Å². The first-order valence-electron chi connectivity index (χ1n) is 8.67. The number of benzene rings is 1.